The third-order valence-corrected chi connectivity index (χ3v) is 7.58. The molecule has 7 nitrogen and oxygen atoms in total. The molecule has 0 bridgehead atoms. The standard InChI is InChI=1S/C31H28N6O/c1-32-27-10-8-20(16-25(27)26-19-33-18-21-6-4-5-7-24(21)26)30(38)31-34-28-11-9-23(17-29(28)35-31)37-14-12-22(13-15-37)36(2)3/h4-11,16-19,22H,12-15H2,2-3H3,(H,34,35). The second kappa shape index (κ2) is 9.73. The molecule has 0 unspecified atom stereocenters. The van der Waals surface area contributed by atoms with Crippen LogP contribution in [0.25, 0.3) is 37.8 Å². The number of hydrogen-bond acceptors (Lipinski definition) is 5. The van der Waals surface area contributed by atoms with Crippen LogP contribution in [0.15, 0.2) is 73.1 Å². The van der Waals surface area contributed by atoms with Crippen molar-refractivity contribution >= 4 is 39.0 Å². The Bertz CT molecular complexity index is 1700. The number of rotatable bonds is 5. The highest BCUT2D eigenvalue weighted by atomic mass is 16.1. The van der Waals surface area contributed by atoms with E-state index in [2.05, 4.69) is 55.8 Å². The molecule has 7 heteroatoms. The van der Waals surface area contributed by atoms with E-state index in [4.69, 9.17) is 6.57 Å². The zero-order valence-corrected chi connectivity index (χ0v) is 21.5. The summed E-state index contributed by atoms with van der Waals surface area (Å²) in [4.78, 5) is 34.2. The summed E-state index contributed by atoms with van der Waals surface area (Å²) in [5.41, 5.74) is 5.22. The van der Waals surface area contributed by atoms with E-state index in [1.807, 2.05) is 30.3 Å². The second-order valence-electron chi connectivity index (χ2n) is 10.0. The summed E-state index contributed by atoms with van der Waals surface area (Å²) in [5, 5.41) is 1.97. The van der Waals surface area contributed by atoms with Crippen molar-refractivity contribution in [3.63, 3.8) is 0 Å². The molecule has 2 aromatic heterocycles. The number of piperidine rings is 1. The first kappa shape index (κ1) is 23.8. The number of anilines is 1. The van der Waals surface area contributed by atoms with Crippen LogP contribution < -0.4 is 4.90 Å². The van der Waals surface area contributed by atoms with Crippen molar-refractivity contribution in [2.24, 2.45) is 0 Å². The normalized spacial score (nSPS) is 14.3. The summed E-state index contributed by atoms with van der Waals surface area (Å²) >= 11 is 0. The van der Waals surface area contributed by atoms with Crippen molar-refractivity contribution in [3.05, 3.63) is 95.9 Å². The molecule has 1 aliphatic rings. The molecule has 1 N–H and O–H groups in total. The molecule has 0 radical (unpaired) electrons. The smallest absolute Gasteiger partial charge is 0.228 e. The van der Waals surface area contributed by atoms with Crippen LogP contribution in [0.3, 0.4) is 0 Å². The predicted octanol–water partition coefficient (Wildman–Crippen LogP) is 6.09. The quantitative estimate of drug-likeness (QED) is 0.234. The molecule has 3 heterocycles. The molecule has 1 saturated heterocycles. The molecule has 0 atom stereocenters. The minimum absolute atomic E-state index is 0.208. The van der Waals surface area contributed by atoms with Gasteiger partial charge in [0.1, 0.15) is 0 Å². The fourth-order valence-electron chi connectivity index (χ4n) is 5.40. The molecular weight excluding hydrogens is 472 g/mol. The van der Waals surface area contributed by atoms with Crippen LogP contribution in [-0.2, 0) is 0 Å². The topological polar surface area (TPSA) is 69.5 Å². The van der Waals surface area contributed by atoms with Gasteiger partial charge in [0.05, 0.1) is 17.6 Å². The number of hydrogen-bond donors (Lipinski definition) is 1. The lowest BCUT2D eigenvalue weighted by Crippen LogP contribution is -2.41. The van der Waals surface area contributed by atoms with Crippen LogP contribution in [0.2, 0.25) is 0 Å². The molecule has 0 amide bonds. The number of ketones is 1. The fraction of sp³-hybridized carbons (Fsp3) is 0.226. The maximum atomic E-state index is 13.5. The maximum Gasteiger partial charge on any atom is 0.228 e. The largest absolute Gasteiger partial charge is 0.371 e. The maximum absolute atomic E-state index is 13.5. The number of aromatic amines is 1. The van der Waals surface area contributed by atoms with Crippen LogP contribution in [0, 0.1) is 6.57 Å². The van der Waals surface area contributed by atoms with Gasteiger partial charge < -0.3 is 14.8 Å². The highest BCUT2D eigenvalue weighted by Crippen LogP contribution is 2.36. The van der Waals surface area contributed by atoms with E-state index in [0.29, 0.717) is 28.7 Å². The lowest BCUT2D eigenvalue weighted by atomic mass is 9.96. The fourth-order valence-corrected chi connectivity index (χ4v) is 5.40. The van der Waals surface area contributed by atoms with Crippen molar-refractivity contribution < 1.29 is 4.79 Å². The molecule has 38 heavy (non-hydrogen) atoms. The Labute approximate surface area is 221 Å². The van der Waals surface area contributed by atoms with Gasteiger partial charge in [-0.1, -0.05) is 42.5 Å². The summed E-state index contributed by atoms with van der Waals surface area (Å²) in [6.07, 6.45) is 5.82. The zero-order valence-electron chi connectivity index (χ0n) is 21.5. The van der Waals surface area contributed by atoms with Gasteiger partial charge in [-0.25, -0.2) is 9.83 Å². The van der Waals surface area contributed by atoms with Gasteiger partial charge >= 0.3 is 0 Å². The Balaban J connectivity index is 1.32. The summed E-state index contributed by atoms with van der Waals surface area (Å²) in [5.74, 6) is 0.0848. The van der Waals surface area contributed by atoms with Gasteiger partial charge in [0.15, 0.2) is 11.5 Å². The van der Waals surface area contributed by atoms with Gasteiger partial charge in [-0.2, -0.15) is 0 Å². The molecular formula is C31H28N6O. The minimum Gasteiger partial charge on any atom is -0.371 e. The van der Waals surface area contributed by atoms with Crippen LogP contribution in [0.1, 0.15) is 29.0 Å². The third kappa shape index (κ3) is 4.29. The van der Waals surface area contributed by atoms with Gasteiger partial charge in [0.2, 0.25) is 5.78 Å². The third-order valence-electron chi connectivity index (χ3n) is 7.58. The van der Waals surface area contributed by atoms with Crippen LogP contribution in [-0.4, -0.2) is 58.9 Å². The van der Waals surface area contributed by atoms with E-state index in [9.17, 15) is 4.79 Å². The first-order valence-corrected chi connectivity index (χ1v) is 12.8. The van der Waals surface area contributed by atoms with E-state index in [1.165, 1.54) is 0 Å². The van der Waals surface area contributed by atoms with E-state index in [1.54, 1.807) is 30.6 Å². The minimum atomic E-state index is -0.208. The van der Waals surface area contributed by atoms with E-state index in [0.717, 1.165) is 59.0 Å². The number of carbonyl (C=O) groups excluding carboxylic acids is 1. The Kier molecular flexibility index (Phi) is 6.10. The molecule has 5 aromatic rings. The molecule has 0 aliphatic carbocycles. The van der Waals surface area contributed by atoms with Gasteiger partial charge in [-0.15, -0.1) is 0 Å². The van der Waals surface area contributed by atoms with Crippen molar-refractivity contribution in [1.29, 1.82) is 0 Å². The average Bonchev–Trinajstić information content (AvgIpc) is 3.40. The Hall–Kier alpha value is -4.54. The summed E-state index contributed by atoms with van der Waals surface area (Å²) in [6.45, 7) is 9.70. The Morgan fingerprint density at radius 3 is 2.63 bits per heavy atom. The van der Waals surface area contributed by atoms with Crippen LogP contribution in [0.5, 0.6) is 0 Å². The van der Waals surface area contributed by atoms with Crippen molar-refractivity contribution in [2.45, 2.75) is 18.9 Å². The molecule has 188 valence electrons. The number of aromatic nitrogens is 3. The first-order valence-electron chi connectivity index (χ1n) is 12.8. The molecule has 1 aliphatic heterocycles. The summed E-state index contributed by atoms with van der Waals surface area (Å²) in [7, 11) is 4.29. The number of imidazole rings is 1. The highest BCUT2D eigenvalue weighted by molar-refractivity contribution is 6.10. The average molecular weight is 501 g/mol. The molecule has 6 rings (SSSR count). The lowest BCUT2D eigenvalue weighted by Gasteiger charge is -2.36. The number of nitrogens with one attached hydrogen (secondary N) is 1. The van der Waals surface area contributed by atoms with E-state index < -0.39 is 0 Å². The van der Waals surface area contributed by atoms with Gasteiger partial charge in [0.25, 0.3) is 0 Å². The molecule has 1 fully saturated rings. The van der Waals surface area contributed by atoms with Gasteiger partial charge in [0, 0.05) is 48.2 Å². The van der Waals surface area contributed by atoms with Crippen LogP contribution >= 0.6 is 0 Å². The van der Waals surface area contributed by atoms with Crippen LogP contribution in [0.4, 0.5) is 11.4 Å². The van der Waals surface area contributed by atoms with Gasteiger partial charge in [-0.3, -0.25) is 9.78 Å². The monoisotopic (exact) mass is 500 g/mol. The van der Waals surface area contributed by atoms with Gasteiger partial charge in [-0.05, 0) is 61.6 Å². The number of H-pyrrole nitrogens is 1. The molecule has 0 spiro atoms. The zero-order chi connectivity index (χ0) is 26.2. The number of fused-ring (bicyclic) bond motifs is 2. The lowest BCUT2D eigenvalue weighted by molar-refractivity contribution is 0.103. The second-order valence-corrected chi connectivity index (χ2v) is 10.0. The molecule has 3 aromatic carbocycles. The number of carbonyl (C=O) groups is 1. The van der Waals surface area contributed by atoms with Crippen molar-refractivity contribution in [1.82, 2.24) is 19.9 Å². The number of nitrogens with zero attached hydrogens (tertiary/aromatic N) is 5. The summed E-state index contributed by atoms with van der Waals surface area (Å²) in [6, 6.07) is 19.9. The van der Waals surface area contributed by atoms with E-state index in [-0.39, 0.29) is 5.78 Å². The van der Waals surface area contributed by atoms with Crippen molar-refractivity contribution in [3.8, 4) is 11.1 Å². The first-order chi connectivity index (χ1) is 18.5. The van der Waals surface area contributed by atoms with E-state index >= 15 is 0 Å². The SMILES string of the molecule is [C-]#[N+]c1ccc(C(=O)c2nc3ccc(N4CCC(N(C)C)CC4)cc3[nH]2)cc1-c1cncc2ccccc12. The summed E-state index contributed by atoms with van der Waals surface area (Å²) < 4.78 is 0. The molecule has 0 saturated carbocycles. The Morgan fingerprint density at radius 1 is 1.03 bits per heavy atom. The highest BCUT2D eigenvalue weighted by Gasteiger charge is 2.22. The number of benzene rings is 3. The van der Waals surface area contributed by atoms with Crippen molar-refractivity contribution in [2.75, 3.05) is 32.1 Å². The Morgan fingerprint density at radius 2 is 1.84 bits per heavy atom. The number of pyridine rings is 1. The predicted molar refractivity (Wildman–Crippen MR) is 152 cm³/mol.